The Morgan fingerprint density at radius 2 is 1.70 bits per heavy atom. The molecule has 0 spiro atoms. The third kappa shape index (κ3) is 2.59. The molecule has 0 fully saturated rings. The molecule has 1 N–H and O–H groups in total. The van der Waals surface area contributed by atoms with Gasteiger partial charge in [-0.15, -0.1) is 0 Å². The molecule has 2 aromatic carbocycles. The first-order chi connectivity index (χ1) is 9.34. The molecule has 0 aliphatic heterocycles. The van der Waals surface area contributed by atoms with E-state index in [1.54, 1.807) is 0 Å². The fraction of sp³-hybridized carbons (Fsp3) is 0. The lowest BCUT2D eigenvalue weighted by Gasteiger charge is -2.13. The third-order valence-electron chi connectivity index (χ3n) is 2.61. The maximum Gasteiger partial charge on any atom is 0.339 e. The van der Waals surface area contributed by atoms with Gasteiger partial charge in [0, 0.05) is 11.1 Å². The molecule has 0 unspecified atom stereocenters. The molecule has 104 valence electrons. The van der Waals surface area contributed by atoms with Crippen LogP contribution >= 0.6 is 46.4 Å². The lowest BCUT2D eigenvalue weighted by molar-refractivity contribution is 0.0693. The number of rotatable bonds is 2. The molecular formula is C13H5Cl4FO2. The van der Waals surface area contributed by atoms with Gasteiger partial charge in [-0.05, 0) is 12.1 Å². The summed E-state index contributed by atoms with van der Waals surface area (Å²) in [5, 5.41) is 9.32. The van der Waals surface area contributed by atoms with Crippen LogP contribution in [0.1, 0.15) is 10.4 Å². The Morgan fingerprint density at radius 1 is 1.05 bits per heavy atom. The Hall–Kier alpha value is -1.000. The molecule has 0 aliphatic carbocycles. The third-order valence-corrected chi connectivity index (χ3v) is 4.17. The minimum atomic E-state index is -1.43. The Bertz CT molecular complexity index is 716. The average molecular weight is 354 g/mol. The molecule has 7 heteroatoms. The molecule has 0 heterocycles. The average Bonchev–Trinajstić information content (AvgIpc) is 2.35. The van der Waals surface area contributed by atoms with Crippen molar-refractivity contribution in [3.05, 3.63) is 55.7 Å². The standard InChI is InChI=1S/C13H5Cl4FO2/c14-6-4-7(15)11(16)12(17)9(6)5-2-1-3-8(18)10(5)13(19)20/h1-4H,(H,19,20). The number of carboxylic acids is 1. The summed E-state index contributed by atoms with van der Waals surface area (Å²) in [6, 6.07) is 5.10. The van der Waals surface area contributed by atoms with Gasteiger partial charge in [0.15, 0.2) is 0 Å². The number of halogens is 5. The summed E-state index contributed by atoms with van der Waals surface area (Å²) in [6.07, 6.45) is 0. The van der Waals surface area contributed by atoms with Gasteiger partial charge in [0.05, 0.1) is 20.1 Å². The highest BCUT2D eigenvalue weighted by Gasteiger charge is 2.22. The Kier molecular flexibility index (Phi) is 4.45. The summed E-state index contributed by atoms with van der Waals surface area (Å²) in [4.78, 5) is 11.2. The molecule has 0 aromatic heterocycles. The van der Waals surface area contributed by atoms with E-state index >= 15 is 0 Å². The molecular weight excluding hydrogens is 349 g/mol. The molecule has 0 radical (unpaired) electrons. The van der Waals surface area contributed by atoms with Gasteiger partial charge in [-0.25, -0.2) is 9.18 Å². The minimum absolute atomic E-state index is 0.0216. The van der Waals surface area contributed by atoms with Crippen LogP contribution in [0.4, 0.5) is 4.39 Å². The van der Waals surface area contributed by atoms with Gasteiger partial charge in [0.2, 0.25) is 0 Å². The summed E-state index contributed by atoms with van der Waals surface area (Å²) in [7, 11) is 0. The highest BCUT2D eigenvalue weighted by atomic mass is 35.5. The maximum atomic E-state index is 13.7. The number of carboxylic acid groups (broad SMARTS) is 1. The van der Waals surface area contributed by atoms with Crippen molar-refractivity contribution in [3.8, 4) is 11.1 Å². The Morgan fingerprint density at radius 3 is 2.30 bits per heavy atom. The first-order valence-corrected chi connectivity index (χ1v) is 6.71. The van der Waals surface area contributed by atoms with Crippen molar-refractivity contribution in [3.63, 3.8) is 0 Å². The van der Waals surface area contributed by atoms with Gasteiger partial charge in [-0.3, -0.25) is 0 Å². The van der Waals surface area contributed by atoms with Crippen molar-refractivity contribution in [2.24, 2.45) is 0 Å². The van der Waals surface area contributed by atoms with Crippen LogP contribution in [-0.4, -0.2) is 11.1 Å². The van der Waals surface area contributed by atoms with Crippen LogP contribution in [-0.2, 0) is 0 Å². The quantitative estimate of drug-likeness (QED) is 0.546. The van der Waals surface area contributed by atoms with E-state index in [9.17, 15) is 9.18 Å². The van der Waals surface area contributed by atoms with Gasteiger partial charge in [0.1, 0.15) is 11.4 Å². The van der Waals surface area contributed by atoms with E-state index in [0.717, 1.165) is 6.07 Å². The van der Waals surface area contributed by atoms with E-state index in [-0.39, 0.29) is 31.2 Å². The smallest absolute Gasteiger partial charge is 0.339 e. The van der Waals surface area contributed by atoms with Crippen molar-refractivity contribution >= 4 is 52.4 Å². The lowest BCUT2D eigenvalue weighted by atomic mass is 9.99. The van der Waals surface area contributed by atoms with E-state index in [0.29, 0.717) is 0 Å². The minimum Gasteiger partial charge on any atom is -0.478 e. The zero-order valence-electron chi connectivity index (χ0n) is 9.55. The van der Waals surface area contributed by atoms with Crippen LogP contribution in [0.2, 0.25) is 20.1 Å². The second-order valence-electron chi connectivity index (χ2n) is 3.81. The van der Waals surface area contributed by atoms with Crippen LogP contribution in [0.25, 0.3) is 11.1 Å². The van der Waals surface area contributed by atoms with Crippen molar-refractivity contribution in [1.82, 2.24) is 0 Å². The SMILES string of the molecule is O=C(O)c1c(F)cccc1-c1c(Cl)cc(Cl)c(Cl)c1Cl. The number of hydrogen-bond donors (Lipinski definition) is 1. The van der Waals surface area contributed by atoms with Crippen LogP contribution in [0.3, 0.4) is 0 Å². The molecule has 2 rings (SSSR count). The van der Waals surface area contributed by atoms with Crippen molar-refractivity contribution in [1.29, 1.82) is 0 Å². The molecule has 0 saturated carbocycles. The fourth-order valence-corrected chi connectivity index (χ4v) is 2.88. The van der Waals surface area contributed by atoms with Crippen LogP contribution in [0.5, 0.6) is 0 Å². The van der Waals surface area contributed by atoms with Gasteiger partial charge in [-0.1, -0.05) is 58.5 Å². The van der Waals surface area contributed by atoms with E-state index < -0.39 is 17.3 Å². The first-order valence-electron chi connectivity index (χ1n) is 5.19. The predicted molar refractivity (Wildman–Crippen MR) is 78.8 cm³/mol. The highest BCUT2D eigenvalue weighted by Crippen LogP contribution is 2.44. The van der Waals surface area contributed by atoms with Crippen LogP contribution in [0.15, 0.2) is 24.3 Å². The van der Waals surface area contributed by atoms with Crippen LogP contribution < -0.4 is 0 Å². The zero-order chi connectivity index (χ0) is 15.0. The lowest BCUT2D eigenvalue weighted by Crippen LogP contribution is -2.04. The molecule has 0 amide bonds. The second-order valence-corrected chi connectivity index (χ2v) is 5.38. The topological polar surface area (TPSA) is 37.3 Å². The van der Waals surface area contributed by atoms with E-state index in [4.69, 9.17) is 51.5 Å². The fourth-order valence-electron chi connectivity index (χ4n) is 1.76. The van der Waals surface area contributed by atoms with Gasteiger partial charge < -0.3 is 5.11 Å². The van der Waals surface area contributed by atoms with Gasteiger partial charge >= 0.3 is 5.97 Å². The normalized spacial score (nSPS) is 10.7. The second kappa shape index (κ2) is 5.78. The molecule has 2 aromatic rings. The van der Waals surface area contributed by atoms with Crippen LogP contribution in [0, 0.1) is 5.82 Å². The summed E-state index contributed by atoms with van der Waals surface area (Å²) < 4.78 is 13.7. The molecule has 20 heavy (non-hydrogen) atoms. The Balaban J connectivity index is 2.86. The Labute approximate surface area is 133 Å². The largest absolute Gasteiger partial charge is 0.478 e. The van der Waals surface area contributed by atoms with Crippen molar-refractivity contribution in [2.45, 2.75) is 0 Å². The summed E-state index contributed by atoms with van der Waals surface area (Å²) in [5.41, 5.74) is -0.375. The van der Waals surface area contributed by atoms with E-state index in [1.165, 1.54) is 18.2 Å². The van der Waals surface area contributed by atoms with E-state index in [1.807, 2.05) is 0 Å². The monoisotopic (exact) mass is 352 g/mol. The maximum absolute atomic E-state index is 13.7. The van der Waals surface area contributed by atoms with Gasteiger partial charge in [0.25, 0.3) is 0 Å². The molecule has 2 nitrogen and oxygen atoms in total. The highest BCUT2D eigenvalue weighted by molar-refractivity contribution is 6.51. The summed E-state index contributed by atoms with van der Waals surface area (Å²) in [5.74, 6) is -2.33. The molecule has 0 bridgehead atoms. The first kappa shape index (κ1) is 15.4. The zero-order valence-corrected chi connectivity index (χ0v) is 12.6. The molecule has 0 atom stereocenters. The molecule has 0 saturated heterocycles. The number of aromatic carboxylic acids is 1. The summed E-state index contributed by atoms with van der Waals surface area (Å²) in [6.45, 7) is 0. The summed E-state index contributed by atoms with van der Waals surface area (Å²) >= 11 is 23.8. The van der Waals surface area contributed by atoms with E-state index in [2.05, 4.69) is 0 Å². The molecule has 0 aliphatic rings. The van der Waals surface area contributed by atoms with Crippen molar-refractivity contribution < 1.29 is 14.3 Å². The number of carbonyl (C=O) groups is 1. The van der Waals surface area contributed by atoms with Crippen molar-refractivity contribution in [2.75, 3.05) is 0 Å². The predicted octanol–water partition coefficient (Wildman–Crippen LogP) is 5.80. The number of benzene rings is 2. The van der Waals surface area contributed by atoms with Gasteiger partial charge in [-0.2, -0.15) is 0 Å². The number of hydrogen-bond acceptors (Lipinski definition) is 1.